The molecule has 0 radical (unpaired) electrons. The van der Waals surface area contributed by atoms with Crippen molar-refractivity contribution in [1.82, 2.24) is 25.0 Å². The molecule has 0 aliphatic carbocycles. The first-order chi connectivity index (χ1) is 15.5. The molecule has 1 aromatic heterocycles. The van der Waals surface area contributed by atoms with Crippen LogP contribution in [0.5, 0.6) is 5.75 Å². The lowest BCUT2D eigenvalue weighted by atomic mass is 10.1. The Morgan fingerprint density at radius 3 is 2.69 bits per heavy atom. The van der Waals surface area contributed by atoms with Gasteiger partial charge in [-0.15, -0.1) is 10.2 Å². The largest absolute Gasteiger partial charge is 0.496 e. The second-order valence-corrected chi connectivity index (χ2v) is 8.03. The average Bonchev–Trinajstić information content (AvgIpc) is 3.06. The third-order valence-corrected chi connectivity index (χ3v) is 5.80. The Balaban J connectivity index is 1.31. The first kappa shape index (κ1) is 22.0. The molecule has 1 aliphatic rings. The topological polar surface area (TPSA) is 72.3 Å². The number of ether oxygens (including phenoxy) is 1. The zero-order chi connectivity index (χ0) is 22.5. The van der Waals surface area contributed by atoms with Crippen molar-refractivity contribution in [3.05, 3.63) is 76.6 Å². The minimum Gasteiger partial charge on any atom is -0.496 e. The Labute approximate surface area is 187 Å². The molecule has 0 unspecified atom stereocenters. The number of carbonyl (C=O) groups excluding carboxylic acids is 1. The van der Waals surface area contributed by atoms with Gasteiger partial charge in [0, 0.05) is 51.1 Å². The molecule has 2 heterocycles. The van der Waals surface area contributed by atoms with Crippen molar-refractivity contribution in [3.63, 3.8) is 0 Å². The molecule has 2 aromatic carbocycles. The molecule has 1 amide bonds. The molecule has 168 valence electrons. The Morgan fingerprint density at radius 2 is 1.94 bits per heavy atom. The highest BCUT2D eigenvalue weighted by atomic mass is 19.1. The number of hydrogen-bond donors (Lipinski definition) is 1. The molecule has 0 spiro atoms. The molecule has 32 heavy (non-hydrogen) atoms. The molecule has 8 heteroatoms. The number of aryl methyl sites for hydroxylation is 1. The average molecular weight is 438 g/mol. The van der Waals surface area contributed by atoms with Crippen molar-refractivity contribution in [3.8, 4) is 5.75 Å². The molecular weight excluding hydrogens is 409 g/mol. The zero-order valence-corrected chi connectivity index (χ0v) is 18.5. The summed E-state index contributed by atoms with van der Waals surface area (Å²) in [7, 11) is 1.69. The fourth-order valence-corrected chi connectivity index (χ4v) is 4.06. The van der Waals surface area contributed by atoms with Crippen molar-refractivity contribution in [1.29, 1.82) is 0 Å². The molecular formula is C24H28FN5O2. The number of nitrogens with zero attached hydrogens (tertiary/aromatic N) is 4. The third kappa shape index (κ3) is 5.13. The van der Waals surface area contributed by atoms with Crippen molar-refractivity contribution < 1.29 is 13.9 Å². The van der Waals surface area contributed by atoms with Crippen LogP contribution in [0.25, 0.3) is 0 Å². The fraction of sp³-hybridized carbons (Fsp3) is 0.375. The number of nitrogens with one attached hydrogen (secondary N) is 1. The normalized spacial score (nSPS) is 14.0. The number of hydrogen-bond acceptors (Lipinski definition) is 5. The van der Waals surface area contributed by atoms with Crippen LogP contribution in [0.2, 0.25) is 0 Å². The summed E-state index contributed by atoms with van der Waals surface area (Å²) in [6.07, 6.45) is 1.43. The molecule has 0 bridgehead atoms. The van der Waals surface area contributed by atoms with Crippen LogP contribution in [0, 0.1) is 12.7 Å². The van der Waals surface area contributed by atoms with Crippen LogP contribution in [-0.4, -0.2) is 52.3 Å². The van der Waals surface area contributed by atoms with E-state index in [1.165, 1.54) is 29.8 Å². The van der Waals surface area contributed by atoms with Gasteiger partial charge in [0.1, 0.15) is 23.2 Å². The van der Waals surface area contributed by atoms with Gasteiger partial charge in [0.05, 0.1) is 7.11 Å². The standard InChI is InChI=1S/C24H28FN5O2/c1-17-15-18(3-8-21(17)32-2)16-29-12-10-23-28-27-22(30(23)14-13-29)9-11-26-24(31)19-4-6-20(25)7-5-19/h3-8,15H,9-14,16H2,1-2H3,(H,26,31). The SMILES string of the molecule is COc1ccc(CN2CCc3nnc(CCNC(=O)c4ccc(F)cc4)n3CC2)cc1C. The second kappa shape index (κ2) is 9.91. The number of methoxy groups -OCH3 is 1. The van der Waals surface area contributed by atoms with Gasteiger partial charge in [-0.25, -0.2) is 4.39 Å². The van der Waals surface area contributed by atoms with E-state index in [1.54, 1.807) is 7.11 Å². The smallest absolute Gasteiger partial charge is 0.251 e. The Bertz CT molecular complexity index is 1080. The summed E-state index contributed by atoms with van der Waals surface area (Å²) < 4.78 is 20.5. The number of benzene rings is 2. The van der Waals surface area contributed by atoms with Gasteiger partial charge in [0.2, 0.25) is 0 Å². The van der Waals surface area contributed by atoms with E-state index in [0.29, 0.717) is 18.5 Å². The van der Waals surface area contributed by atoms with E-state index in [2.05, 4.69) is 44.0 Å². The van der Waals surface area contributed by atoms with Gasteiger partial charge in [0.15, 0.2) is 0 Å². The number of carbonyl (C=O) groups is 1. The van der Waals surface area contributed by atoms with E-state index in [9.17, 15) is 9.18 Å². The first-order valence-corrected chi connectivity index (χ1v) is 10.8. The highest BCUT2D eigenvalue weighted by Crippen LogP contribution is 2.20. The van der Waals surface area contributed by atoms with Crippen molar-refractivity contribution in [2.24, 2.45) is 0 Å². The lowest BCUT2D eigenvalue weighted by molar-refractivity contribution is 0.0954. The fourth-order valence-electron chi connectivity index (χ4n) is 4.06. The predicted octanol–water partition coefficient (Wildman–Crippen LogP) is 2.77. The minimum atomic E-state index is -0.358. The number of rotatable bonds is 7. The summed E-state index contributed by atoms with van der Waals surface area (Å²) >= 11 is 0. The van der Waals surface area contributed by atoms with E-state index < -0.39 is 0 Å². The van der Waals surface area contributed by atoms with Crippen LogP contribution in [-0.2, 0) is 25.9 Å². The van der Waals surface area contributed by atoms with Gasteiger partial charge < -0.3 is 14.6 Å². The molecule has 0 saturated carbocycles. The van der Waals surface area contributed by atoms with Crippen molar-refractivity contribution >= 4 is 5.91 Å². The summed E-state index contributed by atoms with van der Waals surface area (Å²) in [6, 6.07) is 11.8. The highest BCUT2D eigenvalue weighted by molar-refractivity contribution is 5.94. The van der Waals surface area contributed by atoms with Crippen LogP contribution < -0.4 is 10.1 Å². The summed E-state index contributed by atoms with van der Waals surface area (Å²) in [4.78, 5) is 14.6. The van der Waals surface area contributed by atoms with E-state index in [-0.39, 0.29) is 11.7 Å². The molecule has 4 rings (SSSR count). The molecule has 3 aromatic rings. The number of amides is 1. The van der Waals surface area contributed by atoms with E-state index in [4.69, 9.17) is 4.74 Å². The maximum absolute atomic E-state index is 13.0. The zero-order valence-electron chi connectivity index (χ0n) is 18.5. The third-order valence-electron chi connectivity index (χ3n) is 5.80. The molecule has 0 saturated heterocycles. The van der Waals surface area contributed by atoms with Gasteiger partial charge in [0.25, 0.3) is 5.91 Å². The quantitative estimate of drug-likeness (QED) is 0.616. The summed E-state index contributed by atoms with van der Waals surface area (Å²) in [5.74, 6) is 2.19. The van der Waals surface area contributed by atoms with Crippen molar-refractivity contribution in [2.75, 3.05) is 26.7 Å². The van der Waals surface area contributed by atoms with Crippen LogP contribution in [0.4, 0.5) is 4.39 Å². The van der Waals surface area contributed by atoms with E-state index in [0.717, 1.165) is 55.6 Å². The Morgan fingerprint density at radius 1 is 1.12 bits per heavy atom. The maximum atomic E-state index is 13.0. The van der Waals surface area contributed by atoms with Crippen LogP contribution in [0.3, 0.4) is 0 Å². The molecule has 0 atom stereocenters. The summed E-state index contributed by atoms with van der Waals surface area (Å²) in [6.45, 7) is 6.04. The number of fused-ring (bicyclic) bond motifs is 1. The van der Waals surface area contributed by atoms with Crippen LogP contribution >= 0.6 is 0 Å². The molecule has 0 fully saturated rings. The molecule has 1 aliphatic heterocycles. The Hall–Kier alpha value is -3.26. The predicted molar refractivity (Wildman–Crippen MR) is 119 cm³/mol. The highest BCUT2D eigenvalue weighted by Gasteiger charge is 2.19. The molecule has 7 nitrogen and oxygen atoms in total. The van der Waals surface area contributed by atoms with Gasteiger partial charge in [-0.2, -0.15) is 0 Å². The van der Waals surface area contributed by atoms with Crippen molar-refractivity contribution in [2.45, 2.75) is 32.9 Å². The van der Waals surface area contributed by atoms with Gasteiger partial charge in [-0.3, -0.25) is 9.69 Å². The van der Waals surface area contributed by atoms with Gasteiger partial charge >= 0.3 is 0 Å². The minimum absolute atomic E-state index is 0.221. The maximum Gasteiger partial charge on any atom is 0.251 e. The Kier molecular flexibility index (Phi) is 6.80. The van der Waals surface area contributed by atoms with Crippen LogP contribution in [0.15, 0.2) is 42.5 Å². The second-order valence-electron chi connectivity index (χ2n) is 8.03. The monoisotopic (exact) mass is 437 g/mol. The lowest BCUT2D eigenvalue weighted by Crippen LogP contribution is -2.28. The van der Waals surface area contributed by atoms with E-state index >= 15 is 0 Å². The van der Waals surface area contributed by atoms with Gasteiger partial charge in [-0.05, 0) is 48.4 Å². The number of aromatic nitrogens is 3. The summed E-state index contributed by atoms with van der Waals surface area (Å²) in [5.41, 5.74) is 2.85. The van der Waals surface area contributed by atoms with E-state index in [1.807, 2.05) is 6.07 Å². The number of halogens is 1. The summed E-state index contributed by atoms with van der Waals surface area (Å²) in [5, 5.41) is 11.6. The van der Waals surface area contributed by atoms with Gasteiger partial charge in [-0.1, -0.05) is 12.1 Å². The first-order valence-electron chi connectivity index (χ1n) is 10.8. The molecule has 1 N–H and O–H groups in total. The van der Waals surface area contributed by atoms with Crippen LogP contribution in [0.1, 0.15) is 33.1 Å². The lowest BCUT2D eigenvalue weighted by Gasteiger charge is -2.20.